The number of imidazole rings is 1. The monoisotopic (exact) mass is 164 g/mol. The highest BCUT2D eigenvalue weighted by molar-refractivity contribution is 5.79. The zero-order chi connectivity index (χ0) is 8.72. The summed E-state index contributed by atoms with van der Waals surface area (Å²) in [5.74, 6) is -0.254. The third kappa shape index (κ3) is 0.826. The first kappa shape index (κ1) is 7.28. The Morgan fingerprint density at radius 3 is 2.83 bits per heavy atom. The minimum absolute atomic E-state index is 0.254. The van der Waals surface area contributed by atoms with Crippen LogP contribution in [0.3, 0.4) is 0 Å². The van der Waals surface area contributed by atoms with E-state index in [1.807, 2.05) is 18.5 Å². The van der Waals surface area contributed by atoms with E-state index < -0.39 is 0 Å². The van der Waals surface area contributed by atoms with Crippen molar-refractivity contribution in [2.45, 2.75) is 6.92 Å². The molecule has 0 saturated carbocycles. The van der Waals surface area contributed by atoms with Gasteiger partial charge in [-0.25, -0.2) is 9.37 Å². The zero-order valence-electron chi connectivity index (χ0n) is 7.00. The molecule has 0 N–H and O–H groups in total. The summed E-state index contributed by atoms with van der Waals surface area (Å²) in [7, 11) is 1.86. The molecule has 0 bridgehead atoms. The molecule has 2 rings (SSSR count). The average molecular weight is 164 g/mol. The van der Waals surface area contributed by atoms with Crippen molar-refractivity contribution in [2.24, 2.45) is 7.05 Å². The van der Waals surface area contributed by atoms with Gasteiger partial charge in [0.15, 0.2) is 5.82 Å². The number of aromatic nitrogens is 2. The Morgan fingerprint density at radius 2 is 2.17 bits per heavy atom. The van der Waals surface area contributed by atoms with Gasteiger partial charge in [0.2, 0.25) is 0 Å². The number of hydrogen-bond acceptors (Lipinski definition) is 1. The molecule has 0 aliphatic heterocycles. The normalized spacial score (nSPS) is 10.9. The maximum atomic E-state index is 13.1. The summed E-state index contributed by atoms with van der Waals surface area (Å²) < 4.78 is 14.9. The lowest BCUT2D eigenvalue weighted by Gasteiger charge is -1.98. The van der Waals surface area contributed by atoms with Gasteiger partial charge in [-0.1, -0.05) is 6.07 Å². The van der Waals surface area contributed by atoms with Crippen molar-refractivity contribution in [2.75, 3.05) is 0 Å². The second-order valence-electron chi connectivity index (χ2n) is 2.92. The molecule has 0 atom stereocenters. The van der Waals surface area contributed by atoms with Gasteiger partial charge in [-0.3, -0.25) is 0 Å². The number of nitrogens with zero attached hydrogens (tertiary/aromatic N) is 2. The Morgan fingerprint density at radius 1 is 1.42 bits per heavy atom. The van der Waals surface area contributed by atoms with Crippen LogP contribution in [0.2, 0.25) is 0 Å². The molecule has 0 aliphatic rings. The summed E-state index contributed by atoms with van der Waals surface area (Å²) >= 11 is 0. The van der Waals surface area contributed by atoms with Gasteiger partial charge < -0.3 is 4.57 Å². The van der Waals surface area contributed by atoms with Crippen molar-refractivity contribution in [3.05, 3.63) is 29.8 Å². The quantitative estimate of drug-likeness (QED) is 0.582. The molecule has 0 amide bonds. The number of halogens is 1. The highest BCUT2D eigenvalue weighted by Gasteiger charge is 2.06. The van der Waals surface area contributed by atoms with Crippen LogP contribution in [0, 0.1) is 12.7 Å². The fourth-order valence-electron chi connectivity index (χ4n) is 1.43. The van der Waals surface area contributed by atoms with E-state index in [0.717, 1.165) is 11.1 Å². The lowest BCUT2D eigenvalue weighted by atomic mass is 10.2. The molecule has 0 radical (unpaired) electrons. The van der Waals surface area contributed by atoms with Crippen LogP contribution in [0.25, 0.3) is 11.0 Å². The van der Waals surface area contributed by atoms with Crippen LogP contribution in [0.4, 0.5) is 4.39 Å². The van der Waals surface area contributed by atoms with Crippen LogP contribution in [-0.2, 0) is 7.05 Å². The molecule has 2 aromatic rings. The summed E-state index contributed by atoms with van der Waals surface area (Å²) in [6.07, 6.45) is 1.63. The molecular weight excluding hydrogens is 155 g/mol. The van der Waals surface area contributed by atoms with Gasteiger partial charge in [-0.05, 0) is 18.6 Å². The fraction of sp³-hybridized carbons (Fsp3) is 0.222. The number of fused-ring (bicyclic) bond motifs is 1. The lowest BCUT2D eigenvalue weighted by Crippen LogP contribution is -1.88. The van der Waals surface area contributed by atoms with Gasteiger partial charge >= 0.3 is 0 Å². The summed E-state index contributed by atoms with van der Waals surface area (Å²) in [6, 6.07) is 3.21. The number of benzene rings is 1. The molecule has 1 heterocycles. The second-order valence-corrected chi connectivity index (χ2v) is 2.92. The molecule has 0 unspecified atom stereocenters. The van der Waals surface area contributed by atoms with Gasteiger partial charge in [-0.2, -0.15) is 0 Å². The van der Waals surface area contributed by atoms with Crippen LogP contribution < -0.4 is 0 Å². The molecule has 0 fully saturated rings. The van der Waals surface area contributed by atoms with E-state index >= 15 is 0 Å². The van der Waals surface area contributed by atoms with Crippen LogP contribution in [0.5, 0.6) is 0 Å². The first-order valence-electron chi connectivity index (χ1n) is 3.76. The van der Waals surface area contributed by atoms with Crippen molar-refractivity contribution in [1.82, 2.24) is 9.55 Å². The Labute approximate surface area is 69.6 Å². The Bertz CT molecular complexity index is 431. The van der Waals surface area contributed by atoms with Crippen molar-refractivity contribution in [3.63, 3.8) is 0 Å². The molecule has 12 heavy (non-hydrogen) atoms. The second kappa shape index (κ2) is 2.30. The summed E-state index contributed by atoms with van der Waals surface area (Å²) in [6.45, 7) is 1.95. The smallest absolute Gasteiger partial charge is 0.151 e. The maximum absolute atomic E-state index is 13.1. The molecule has 0 saturated heterocycles. The molecule has 1 aromatic heterocycles. The van der Waals surface area contributed by atoms with Crippen molar-refractivity contribution >= 4 is 11.0 Å². The zero-order valence-corrected chi connectivity index (χ0v) is 7.00. The van der Waals surface area contributed by atoms with Gasteiger partial charge in [0.1, 0.15) is 5.52 Å². The Hall–Kier alpha value is -1.38. The first-order chi connectivity index (χ1) is 5.70. The van der Waals surface area contributed by atoms with Gasteiger partial charge in [0.05, 0.1) is 11.8 Å². The molecule has 62 valence electrons. The minimum Gasteiger partial charge on any atom is -0.333 e. The van der Waals surface area contributed by atoms with Crippen LogP contribution in [-0.4, -0.2) is 9.55 Å². The van der Waals surface area contributed by atoms with Crippen molar-refractivity contribution in [3.8, 4) is 0 Å². The molecular formula is C9H9FN2. The topological polar surface area (TPSA) is 17.8 Å². The van der Waals surface area contributed by atoms with E-state index in [0.29, 0.717) is 5.52 Å². The highest BCUT2D eigenvalue weighted by atomic mass is 19.1. The standard InChI is InChI=1S/C9H9FN2/c1-6-3-4-7(10)8-9(6)12(2)5-11-8/h3-5H,1-2H3. The molecule has 1 aromatic carbocycles. The molecule has 0 spiro atoms. The number of rotatable bonds is 0. The number of hydrogen-bond donors (Lipinski definition) is 0. The summed E-state index contributed by atoms with van der Waals surface area (Å²) in [5, 5.41) is 0. The minimum atomic E-state index is -0.254. The largest absolute Gasteiger partial charge is 0.333 e. The fourth-order valence-corrected chi connectivity index (χ4v) is 1.43. The van der Waals surface area contributed by atoms with Crippen LogP contribution in [0.1, 0.15) is 5.56 Å². The maximum Gasteiger partial charge on any atom is 0.151 e. The molecule has 3 heteroatoms. The summed E-state index contributed by atoms with van der Waals surface area (Å²) in [5.41, 5.74) is 2.37. The SMILES string of the molecule is Cc1ccc(F)c2ncn(C)c12. The van der Waals surface area contributed by atoms with Gasteiger partial charge in [0, 0.05) is 7.05 Å². The predicted octanol–water partition coefficient (Wildman–Crippen LogP) is 2.02. The average Bonchev–Trinajstić information content (AvgIpc) is 2.42. The van der Waals surface area contributed by atoms with E-state index in [1.54, 1.807) is 12.4 Å². The molecule has 0 aliphatic carbocycles. The van der Waals surface area contributed by atoms with E-state index in [1.165, 1.54) is 6.07 Å². The van der Waals surface area contributed by atoms with E-state index in [9.17, 15) is 4.39 Å². The first-order valence-corrected chi connectivity index (χ1v) is 3.76. The number of aryl methyl sites for hydroxylation is 2. The van der Waals surface area contributed by atoms with Gasteiger partial charge in [0.25, 0.3) is 0 Å². The van der Waals surface area contributed by atoms with Crippen molar-refractivity contribution in [1.29, 1.82) is 0 Å². The molecule has 2 nitrogen and oxygen atoms in total. The van der Waals surface area contributed by atoms with E-state index in [4.69, 9.17) is 0 Å². The Balaban J connectivity index is 2.98. The van der Waals surface area contributed by atoms with Gasteiger partial charge in [-0.15, -0.1) is 0 Å². The van der Waals surface area contributed by atoms with Crippen LogP contribution in [0.15, 0.2) is 18.5 Å². The van der Waals surface area contributed by atoms with Crippen LogP contribution >= 0.6 is 0 Å². The predicted molar refractivity (Wildman–Crippen MR) is 45.4 cm³/mol. The Kier molecular flexibility index (Phi) is 1.40. The summed E-state index contributed by atoms with van der Waals surface area (Å²) in [4.78, 5) is 3.97. The van der Waals surface area contributed by atoms with Crippen molar-refractivity contribution < 1.29 is 4.39 Å². The van der Waals surface area contributed by atoms with E-state index in [2.05, 4.69) is 4.98 Å². The highest BCUT2D eigenvalue weighted by Crippen LogP contribution is 2.18. The third-order valence-corrected chi connectivity index (χ3v) is 2.02. The third-order valence-electron chi connectivity index (χ3n) is 2.02. The lowest BCUT2D eigenvalue weighted by molar-refractivity contribution is 0.637. The van der Waals surface area contributed by atoms with E-state index in [-0.39, 0.29) is 5.82 Å².